The highest BCUT2D eigenvalue weighted by molar-refractivity contribution is 6.33. The lowest BCUT2D eigenvalue weighted by Crippen LogP contribution is -2.38. The maximum Gasteiger partial charge on any atom is 0.271 e. The van der Waals surface area contributed by atoms with Crippen LogP contribution in [-0.2, 0) is 4.74 Å². The molecular formula is C14H20ClN3O2. The SMILES string of the molecule is CCNc1ccc(Cl)c(C(=O)NC(C)C2CCOC2)n1. The third kappa shape index (κ3) is 3.61. The quantitative estimate of drug-likeness (QED) is 0.875. The van der Waals surface area contributed by atoms with E-state index >= 15 is 0 Å². The largest absolute Gasteiger partial charge is 0.381 e. The van der Waals surface area contributed by atoms with Gasteiger partial charge in [0, 0.05) is 25.1 Å². The van der Waals surface area contributed by atoms with Gasteiger partial charge in [-0.1, -0.05) is 11.6 Å². The van der Waals surface area contributed by atoms with E-state index in [1.165, 1.54) is 0 Å². The number of amides is 1. The number of rotatable bonds is 5. The standard InChI is InChI=1S/C14H20ClN3O2/c1-3-16-12-5-4-11(15)13(18-12)14(19)17-9(2)10-6-7-20-8-10/h4-5,9-10H,3,6-8H2,1-2H3,(H,16,18)(H,17,19). The molecule has 1 fully saturated rings. The molecule has 1 amide bonds. The van der Waals surface area contributed by atoms with Crippen molar-refractivity contribution in [1.82, 2.24) is 10.3 Å². The van der Waals surface area contributed by atoms with Crippen LogP contribution >= 0.6 is 11.6 Å². The highest BCUT2D eigenvalue weighted by atomic mass is 35.5. The third-order valence-corrected chi connectivity index (χ3v) is 3.75. The Morgan fingerprint density at radius 1 is 1.60 bits per heavy atom. The molecule has 0 radical (unpaired) electrons. The normalized spacial score (nSPS) is 19.6. The lowest BCUT2D eigenvalue weighted by molar-refractivity contribution is 0.0917. The molecule has 0 saturated carbocycles. The predicted octanol–water partition coefficient (Wildman–Crippen LogP) is 2.32. The fraction of sp³-hybridized carbons (Fsp3) is 0.571. The number of aromatic nitrogens is 1. The van der Waals surface area contributed by atoms with Crippen LogP contribution in [0.5, 0.6) is 0 Å². The van der Waals surface area contributed by atoms with E-state index in [-0.39, 0.29) is 17.6 Å². The summed E-state index contributed by atoms with van der Waals surface area (Å²) in [4.78, 5) is 16.5. The molecule has 0 spiro atoms. The summed E-state index contributed by atoms with van der Waals surface area (Å²) in [5.41, 5.74) is 0.260. The van der Waals surface area contributed by atoms with Crippen molar-refractivity contribution in [2.75, 3.05) is 25.1 Å². The van der Waals surface area contributed by atoms with E-state index in [0.717, 1.165) is 19.6 Å². The van der Waals surface area contributed by atoms with E-state index in [4.69, 9.17) is 16.3 Å². The minimum absolute atomic E-state index is 0.0469. The molecule has 0 aliphatic carbocycles. The van der Waals surface area contributed by atoms with Crippen LogP contribution in [0.2, 0.25) is 5.02 Å². The first kappa shape index (κ1) is 15.1. The van der Waals surface area contributed by atoms with Crippen LogP contribution in [0.15, 0.2) is 12.1 Å². The number of nitrogens with one attached hydrogen (secondary N) is 2. The second-order valence-electron chi connectivity index (χ2n) is 4.94. The van der Waals surface area contributed by atoms with Crippen LogP contribution in [0.1, 0.15) is 30.8 Å². The molecule has 20 heavy (non-hydrogen) atoms. The molecule has 2 unspecified atom stereocenters. The van der Waals surface area contributed by atoms with Gasteiger partial charge in [0.05, 0.1) is 11.6 Å². The first-order valence-electron chi connectivity index (χ1n) is 6.90. The van der Waals surface area contributed by atoms with Crippen molar-refractivity contribution >= 4 is 23.3 Å². The fourth-order valence-electron chi connectivity index (χ4n) is 2.22. The Balaban J connectivity index is 2.05. The Kier molecular flexibility index (Phi) is 5.20. The minimum atomic E-state index is -0.242. The van der Waals surface area contributed by atoms with Crippen molar-refractivity contribution in [3.05, 3.63) is 22.8 Å². The zero-order chi connectivity index (χ0) is 14.5. The van der Waals surface area contributed by atoms with E-state index in [1.54, 1.807) is 12.1 Å². The molecule has 1 aliphatic heterocycles. The van der Waals surface area contributed by atoms with Crippen molar-refractivity contribution in [3.8, 4) is 0 Å². The number of hydrogen-bond acceptors (Lipinski definition) is 4. The van der Waals surface area contributed by atoms with Crippen LogP contribution in [0, 0.1) is 5.92 Å². The van der Waals surface area contributed by atoms with Crippen molar-refractivity contribution in [2.24, 2.45) is 5.92 Å². The van der Waals surface area contributed by atoms with Gasteiger partial charge in [0.25, 0.3) is 5.91 Å². The lowest BCUT2D eigenvalue weighted by Gasteiger charge is -2.19. The number of halogens is 1. The molecule has 1 saturated heterocycles. The summed E-state index contributed by atoms with van der Waals surface area (Å²) in [6, 6.07) is 3.49. The summed E-state index contributed by atoms with van der Waals surface area (Å²) >= 11 is 6.06. The third-order valence-electron chi connectivity index (χ3n) is 3.45. The van der Waals surface area contributed by atoms with Gasteiger partial charge in [-0.15, -0.1) is 0 Å². The lowest BCUT2D eigenvalue weighted by atomic mass is 10.0. The number of anilines is 1. The first-order chi connectivity index (χ1) is 9.61. The van der Waals surface area contributed by atoms with Gasteiger partial charge >= 0.3 is 0 Å². The van der Waals surface area contributed by atoms with Gasteiger partial charge in [-0.05, 0) is 32.4 Å². The van der Waals surface area contributed by atoms with Gasteiger partial charge in [0.15, 0.2) is 0 Å². The van der Waals surface area contributed by atoms with Crippen molar-refractivity contribution in [1.29, 1.82) is 0 Å². The number of carbonyl (C=O) groups excluding carboxylic acids is 1. The predicted molar refractivity (Wildman–Crippen MR) is 79.3 cm³/mol. The van der Waals surface area contributed by atoms with Gasteiger partial charge in [-0.25, -0.2) is 4.98 Å². The number of carbonyl (C=O) groups is 1. The molecule has 0 aromatic carbocycles. The van der Waals surface area contributed by atoms with Crippen LogP contribution in [0.3, 0.4) is 0 Å². The second kappa shape index (κ2) is 6.90. The molecule has 1 aliphatic rings. The molecule has 2 heterocycles. The monoisotopic (exact) mass is 297 g/mol. The summed E-state index contributed by atoms with van der Waals surface area (Å²) in [5.74, 6) is 0.766. The van der Waals surface area contributed by atoms with Gasteiger partial charge in [0.2, 0.25) is 0 Å². The topological polar surface area (TPSA) is 63.2 Å². The van der Waals surface area contributed by atoms with Gasteiger partial charge < -0.3 is 15.4 Å². The van der Waals surface area contributed by atoms with E-state index in [2.05, 4.69) is 15.6 Å². The average molecular weight is 298 g/mol. The Labute approximate surface area is 124 Å². The van der Waals surface area contributed by atoms with E-state index < -0.39 is 0 Å². The van der Waals surface area contributed by atoms with Gasteiger partial charge in [-0.2, -0.15) is 0 Å². The van der Waals surface area contributed by atoms with E-state index in [0.29, 0.717) is 23.4 Å². The summed E-state index contributed by atoms with van der Waals surface area (Å²) in [5, 5.41) is 6.38. The number of pyridine rings is 1. The van der Waals surface area contributed by atoms with Crippen LogP contribution in [0.4, 0.5) is 5.82 Å². The summed E-state index contributed by atoms with van der Waals surface area (Å²) < 4.78 is 5.34. The summed E-state index contributed by atoms with van der Waals surface area (Å²) in [6.45, 7) is 6.16. The minimum Gasteiger partial charge on any atom is -0.381 e. The highest BCUT2D eigenvalue weighted by Gasteiger charge is 2.25. The maximum absolute atomic E-state index is 12.3. The zero-order valence-electron chi connectivity index (χ0n) is 11.8. The highest BCUT2D eigenvalue weighted by Crippen LogP contribution is 2.19. The van der Waals surface area contributed by atoms with Gasteiger partial charge in [0.1, 0.15) is 11.5 Å². The number of nitrogens with zero attached hydrogens (tertiary/aromatic N) is 1. The van der Waals surface area contributed by atoms with Crippen molar-refractivity contribution < 1.29 is 9.53 Å². The van der Waals surface area contributed by atoms with Crippen molar-refractivity contribution in [2.45, 2.75) is 26.3 Å². The van der Waals surface area contributed by atoms with E-state index in [9.17, 15) is 4.79 Å². The summed E-state index contributed by atoms with van der Waals surface area (Å²) in [7, 11) is 0. The molecule has 2 atom stereocenters. The van der Waals surface area contributed by atoms with Crippen LogP contribution < -0.4 is 10.6 Å². The Morgan fingerprint density at radius 3 is 3.05 bits per heavy atom. The molecule has 6 heteroatoms. The molecule has 5 nitrogen and oxygen atoms in total. The fourth-order valence-corrected chi connectivity index (χ4v) is 2.41. The molecule has 2 N–H and O–H groups in total. The summed E-state index contributed by atoms with van der Waals surface area (Å²) in [6.07, 6.45) is 0.972. The Morgan fingerprint density at radius 2 is 2.40 bits per heavy atom. The smallest absolute Gasteiger partial charge is 0.271 e. The molecule has 0 bridgehead atoms. The zero-order valence-corrected chi connectivity index (χ0v) is 12.5. The van der Waals surface area contributed by atoms with Crippen LogP contribution in [-0.4, -0.2) is 36.7 Å². The van der Waals surface area contributed by atoms with E-state index in [1.807, 2.05) is 13.8 Å². The molecule has 110 valence electrons. The van der Waals surface area contributed by atoms with Gasteiger partial charge in [-0.3, -0.25) is 4.79 Å². The van der Waals surface area contributed by atoms with Crippen LogP contribution in [0.25, 0.3) is 0 Å². The Bertz CT molecular complexity index is 475. The number of ether oxygens (including phenoxy) is 1. The molecule has 1 aromatic heterocycles. The second-order valence-corrected chi connectivity index (χ2v) is 5.35. The maximum atomic E-state index is 12.3. The Hall–Kier alpha value is -1.33. The first-order valence-corrected chi connectivity index (χ1v) is 7.28. The number of hydrogen-bond donors (Lipinski definition) is 2. The molecule has 1 aromatic rings. The molecule has 2 rings (SSSR count). The molecular weight excluding hydrogens is 278 g/mol. The average Bonchev–Trinajstić information content (AvgIpc) is 2.95. The van der Waals surface area contributed by atoms with Crippen molar-refractivity contribution in [3.63, 3.8) is 0 Å².